The van der Waals surface area contributed by atoms with Crippen LogP contribution < -0.4 is 5.73 Å². The molecule has 88 valence electrons. The highest BCUT2D eigenvalue weighted by Crippen LogP contribution is 2.34. The highest BCUT2D eigenvalue weighted by molar-refractivity contribution is 9.10. The summed E-state index contributed by atoms with van der Waals surface area (Å²) in [7, 11) is -3.22. The second kappa shape index (κ2) is 4.37. The first-order valence-corrected chi connectivity index (χ1v) is 7.71. The Hall–Kier alpha value is -0.550. The van der Waals surface area contributed by atoms with Crippen molar-refractivity contribution in [1.29, 1.82) is 0 Å². The summed E-state index contributed by atoms with van der Waals surface area (Å²) in [5.41, 5.74) is 6.03. The van der Waals surface area contributed by atoms with Crippen molar-refractivity contribution in [3.05, 3.63) is 22.7 Å². The van der Waals surface area contributed by atoms with Crippen LogP contribution in [-0.4, -0.2) is 14.2 Å². The van der Waals surface area contributed by atoms with Gasteiger partial charge in [0.15, 0.2) is 9.84 Å². The molecule has 0 unspecified atom stereocenters. The van der Waals surface area contributed by atoms with Gasteiger partial charge in [-0.05, 0) is 30.5 Å². The van der Waals surface area contributed by atoms with Crippen LogP contribution in [-0.2, 0) is 9.84 Å². The summed E-state index contributed by atoms with van der Waals surface area (Å²) in [6.45, 7) is 0. The van der Waals surface area contributed by atoms with Crippen molar-refractivity contribution in [1.82, 2.24) is 0 Å². The molecule has 2 rings (SSSR count). The third-order valence-electron chi connectivity index (χ3n) is 2.80. The molecule has 3 nitrogen and oxygen atoms in total. The highest BCUT2D eigenvalue weighted by Gasteiger charge is 2.25. The molecule has 1 aliphatic rings. The highest BCUT2D eigenvalue weighted by atomic mass is 79.9. The minimum atomic E-state index is -3.22. The van der Waals surface area contributed by atoms with Crippen molar-refractivity contribution in [2.75, 3.05) is 11.5 Å². The van der Waals surface area contributed by atoms with Crippen molar-refractivity contribution >= 4 is 31.5 Å². The number of benzene rings is 1. The van der Waals surface area contributed by atoms with Gasteiger partial charge in [0.25, 0.3) is 0 Å². The Morgan fingerprint density at radius 1 is 1.38 bits per heavy atom. The third-order valence-corrected chi connectivity index (χ3v) is 5.09. The van der Waals surface area contributed by atoms with Gasteiger partial charge in [-0.1, -0.05) is 28.8 Å². The number of nitrogens with two attached hydrogens (primary N) is 1. The predicted octanol–water partition coefficient (Wildman–Crippen LogP) is 2.61. The van der Waals surface area contributed by atoms with Crippen molar-refractivity contribution in [3.63, 3.8) is 0 Å². The summed E-state index contributed by atoms with van der Waals surface area (Å²) in [5, 5.41) is 0. The van der Waals surface area contributed by atoms with Gasteiger partial charge in [-0.3, -0.25) is 0 Å². The second-order valence-corrected chi connectivity index (χ2v) is 7.23. The lowest BCUT2D eigenvalue weighted by Gasteiger charge is -2.07. The van der Waals surface area contributed by atoms with Crippen LogP contribution in [0, 0.1) is 5.92 Å². The molecule has 0 atom stereocenters. The molecule has 0 radical (unpaired) electrons. The van der Waals surface area contributed by atoms with Crippen LogP contribution in [0.1, 0.15) is 19.3 Å². The Morgan fingerprint density at radius 2 is 2.06 bits per heavy atom. The zero-order valence-electron chi connectivity index (χ0n) is 8.82. The first kappa shape index (κ1) is 11.9. The maximum Gasteiger partial charge on any atom is 0.180 e. The molecule has 16 heavy (non-hydrogen) atoms. The van der Waals surface area contributed by atoms with E-state index in [0.29, 0.717) is 11.6 Å². The van der Waals surface area contributed by atoms with Crippen LogP contribution >= 0.6 is 15.9 Å². The lowest BCUT2D eigenvalue weighted by molar-refractivity contribution is 0.590. The molecular formula is C11H14BrNO2S. The van der Waals surface area contributed by atoms with Gasteiger partial charge in [0.2, 0.25) is 0 Å². The molecule has 1 fully saturated rings. The van der Waals surface area contributed by atoms with E-state index in [1.54, 1.807) is 18.2 Å². The molecule has 0 bridgehead atoms. The number of nitrogen functional groups attached to an aromatic ring is 1. The molecule has 5 heteroatoms. The number of sulfone groups is 1. The van der Waals surface area contributed by atoms with Crippen LogP contribution in [0.3, 0.4) is 0 Å². The Morgan fingerprint density at radius 3 is 2.69 bits per heavy atom. The van der Waals surface area contributed by atoms with E-state index < -0.39 is 9.84 Å². The zero-order valence-corrected chi connectivity index (χ0v) is 11.2. The predicted molar refractivity (Wildman–Crippen MR) is 67.9 cm³/mol. The van der Waals surface area contributed by atoms with Crippen LogP contribution in [0.15, 0.2) is 27.6 Å². The van der Waals surface area contributed by atoms with E-state index in [-0.39, 0.29) is 10.6 Å². The fraction of sp³-hybridized carbons (Fsp3) is 0.455. The summed E-state index contributed by atoms with van der Waals surface area (Å²) in [5.74, 6) is 0.821. The van der Waals surface area contributed by atoms with E-state index >= 15 is 0 Å². The molecule has 0 aliphatic heterocycles. The molecule has 0 heterocycles. The number of hydrogen-bond donors (Lipinski definition) is 1. The largest absolute Gasteiger partial charge is 0.398 e. The first-order valence-electron chi connectivity index (χ1n) is 5.27. The van der Waals surface area contributed by atoms with Crippen LogP contribution in [0.5, 0.6) is 0 Å². The Kier molecular flexibility index (Phi) is 3.26. The fourth-order valence-electron chi connectivity index (χ4n) is 1.62. The zero-order chi connectivity index (χ0) is 11.8. The monoisotopic (exact) mass is 303 g/mol. The van der Waals surface area contributed by atoms with Gasteiger partial charge in [0.05, 0.1) is 16.3 Å². The maximum atomic E-state index is 12.0. The van der Waals surface area contributed by atoms with Crippen molar-refractivity contribution < 1.29 is 8.42 Å². The minimum absolute atomic E-state index is 0.207. The molecule has 0 spiro atoms. The molecule has 0 aromatic heterocycles. The van der Waals surface area contributed by atoms with Crippen LogP contribution in [0.4, 0.5) is 5.69 Å². The number of halogens is 1. The standard InChI is InChI=1S/C11H14BrNO2S/c12-9-3-4-10(13)11(7-9)16(14,15)6-5-8-1-2-8/h3-4,7-8H,1-2,5-6,13H2. The minimum Gasteiger partial charge on any atom is -0.398 e. The average molecular weight is 304 g/mol. The summed E-state index contributed by atoms with van der Waals surface area (Å²) in [6.07, 6.45) is 3.10. The lowest BCUT2D eigenvalue weighted by atomic mass is 10.3. The molecule has 0 amide bonds. The topological polar surface area (TPSA) is 60.2 Å². The maximum absolute atomic E-state index is 12.0. The van der Waals surface area contributed by atoms with Gasteiger partial charge in [0, 0.05) is 4.47 Å². The van der Waals surface area contributed by atoms with E-state index in [0.717, 1.165) is 10.9 Å². The number of hydrogen-bond acceptors (Lipinski definition) is 3. The van der Waals surface area contributed by atoms with Crippen LogP contribution in [0.2, 0.25) is 0 Å². The van der Waals surface area contributed by atoms with E-state index in [2.05, 4.69) is 15.9 Å². The molecule has 2 N–H and O–H groups in total. The molecule has 1 saturated carbocycles. The lowest BCUT2D eigenvalue weighted by Crippen LogP contribution is -2.10. The van der Waals surface area contributed by atoms with E-state index in [9.17, 15) is 8.42 Å². The molecule has 1 aromatic rings. The second-order valence-electron chi connectivity index (χ2n) is 4.23. The van der Waals surface area contributed by atoms with Crippen molar-refractivity contribution in [2.24, 2.45) is 5.92 Å². The smallest absolute Gasteiger partial charge is 0.180 e. The van der Waals surface area contributed by atoms with Crippen LogP contribution in [0.25, 0.3) is 0 Å². The summed E-state index contributed by atoms with van der Waals surface area (Å²) < 4.78 is 24.8. The summed E-state index contributed by atoms with van der Waals surface area (Å²) >= 11 is 3.26. The Bertz CT molecular complexity index is 495. The summed E-state index contributed by atoms with van der Waals surface area (Å²) in [6, 6.07) is 4.95. The molecular weight excluding hydrogens is 290 g/mol. The van der Waals surface area contributed by atoms with Gasteiger partial charge in [-0.2, -0.15) is 0 Å². The van der Waals surface area contributed by atoms with Crippen molar-refractivity contribution in [2.45, 2.75) is 24.2 Å². The first-order chi connectivity index (χ1) is 7.49. The van der Waals surface area contributed by atoms with E-state index in [4.69, 9.17) is 5.73 Å². The molecule has 1 aromatic carbocycles. The van der Waals surface area contributed by atoms with Gasteiger partial charge >= 0.3 is 0 Å². The van der Waals surface area contributed by atoms with Crippen molar-refractivity contribution in [3.8, 4) is 0 Å². The summed E-state index contributed by atoms with van der Waals surface area (Å²) in [4.78, 5) is 0.252. The molecule has 1 aliphatic carbocycles. The average Bonchev–Trinajstić information content (AvgIpc) is 3.02. The normalized spacial score (nSPS) is 16.3. The third kappa shape index (κ3) is 2.77. The fourth-order valence-corrected chi connectivity index (χ4v) is 3.73. The Labute approximate surface area is 104 Å². The van der Waals surface area contributed by atoms with Gasteiger partial charge in [-0.15, -0.1) is 0 Å². The number of anilines is 1. The Balaban J connectivity index is 2.22. The SMILES string of the molecule is Nc1ccc(Br)cc1S(=O)(=O)CCC1CC1. The molecule has 0 saturated heterocycles. The van der Waals surface area contributed by atoms with Gasteiger partial charge in [-0.25, -0.2) is 8.42 Å². The quantitative estimate of drug-likeness (QED) is 0.870. The van der Waals surface area contributed by atoms with E-state index in [1.165, 1.54) is 12.8 Å². The number of rotatable bonds is 4. The van der Waals surface area contributed by atoms with E-state index in [1.807, 2.05) is 0 Å². The van der Waals surface area contributed by atoms with Gasteiger partial charge < -0.3 is 5.73 Å². The van der Waals surface area contributed by atoms with Gasteiger partial charge in [0.1, 0.15) is 0 Å².